The Bertz CT molecular complexity index is 844. The molecule has 1 saturated heterocycles. The monoisotopic (exact) mass is 380 g/mol. The van der Waals surface area contributed by atoms with Crippen molar-refractivity contribution in [2.45, 2.75) is 51.5 Å². The summed E-state index contributed by atoms with van der Waals surface area (Å²) < 4.78 is 2.24. The third-order valence-corrected chi connectivity index (χ3v) is 5.68. The van der Waals surface area contributed by atoms with Crippen molar-refractivity contribution in [1.82, 2.24) is 19.8 Å². The Hall–Kier alpha value is -2.63. The summed E-state index contributed by atoms with van der Waals surface area (Å²) in [6.07, 6.45) is 6.68. The van der Waals surface area contributed by atoms with Gasteiger partial charge in [-0.2, -0.15) is 0 Å². The van der Waals surface area contributed by atoms with E-state index in [1.807, 2.05) is 23.1 Å². The minimum absolute atomic E-state index is 0.0967. The standard InChI is InChI=1S/C22H28N4O2/c27-19-12-7-14-25(19)15-8-13-23-22(28)20-18-11-5-2-6-16-26(18)21(24-20)17-9-3-1-4-10-17/h1,3-4,9-10H,2,5-8,11-16H2,(H,23,28). The second-order valence-corrected chi connectivity index (χ2v) is 7.65. The lowest BCUT2D eigenvalue weighted by molar-refractivity contribution is -0.127. The molecule has 2 amide bonds. The average Bonchev–Trinajstić information content (AvgIpc) is 3.20. The maximum Gasteiger partial charge on any atom is 0.271 e. The number of amides is 2. The van der Waals surface area contributed by atoms with Crippen LogP contribution in [0, 0.1) is 0 Å². The highest BCUT2D eigenvalue weighted by atomic mass is 16.2. The molecule has 2 aromatic rings. The number of fused-ring (bicyclic) bond motifs is 1. The first-order valence-electron chi connectivity index (χ1n) is 10.4. The molecule has 1 fully saturated rings. The summed E-state index contributed by atoms with van der Waals surface area (Å²) in [5.74, 6) is 1.03. The van der Waals surface area contributed by atoms with E-state index >= 15 is 0 Å². The fourth-order valence-corrected chi connectivity index (χ4v) is 4.21. The van der Waals surface area contributed by atoms with Crippen molar-refractivity contribution in [2.24, 2.45) is 0 Å². The van der Waals surface area contributed by atoms with E-state index in [0.29, 0.717) is 18.7 Å². The third kappa shape index (κ3) is 3.96. The van der Waals surface area contributed by atoms with Gasteiger partial charge in [0.25, 0.3) is 5.91 Å². The van der Waals surface area contributed by atoms with E-state index in [9.17, 15) is 9.59 Å². The highest BCUT2D eigenvalue weighted by molar-refractivity contribution is 5.94. The molecule has 0 spiro atoms. The quantitative estimate of drug-likeness (QED) is 0.784. The Kier molecular flexibility index (Phi) is 5.74. The van der Waals surface area contributed by atoms with Gasteiger partial charge in [-0.25, -0.2) is 4.98 Å². The van der Waals surface area contributed by atoms with E-state index in [0.717, 1.165) is 68.8 Å². The number of imidazole rings is 1. The number of hydrogen-bond donors (Lipinski definition) is 1. The average molecular weight is 380 g/mol. The first-order chi connectivity index (χ1) is 13.7. The fourth-order valence-electron chi connectivity index (χ4n) is 4.21. The van der Waals surface area contributed by atoms with E-state index in [4.69, 9.17) is 4.98 Å². The number of nitrogens with zero attached hydrogens (tertiary/aromatic N) is 3. The van der Waals surface area contributed by atoms with Gasteiger partial charge in [-0.05, 0) is 32.1 Å². The van der Waals surface area contributed by atoms with Crippen molar-refractivity contribution in [3.63, 3.8) is 0 Å². The van der Waals surface area contributed by atoms with Gasteiger partial charge in [0.15, 0.2) is 0 Å². The second-order valence-electron chi connectivity index (χ2n) is 7.65. The molecule has 148 valence electrons. The molecule has 3 heterocycles. The molecule has 6 heteroatoms. The Balaban J connectivity index is 1.46. The van der Waals surface area contributed by atoms with Gasteiger partial charge in [0.1, 0.15) is 11.5 Å². The Labute approximate surface area is 165 Å². The maximum absolute atomic E-state index is 12.9. The molecule has 1 aromatic carbocycles. The lowest BCUT2D eigenvalue weighted by atomic mass is 10.1. The number of carbonyl (C=O) groups is 2. The second kappa shape index (κ2) is 8.59. The largest absolute Gasteiger partial charge is 0.351 e. The van der Waals surface area contributed by atoms with Crippen molar-refractivity contribution in [2.75, 3.05) is 19.6 Å². The lowest BCUT2D eigenvalue weighted by Gasteiger charge is -2.15. The van der Waals surface area contributed by atoms with Crippen LogP contribution < -0.4 is 5.32 Å². The minimum atomic E-state index is -0.0967. The zero-order valence-corrected chi connectivity index (χ0v) is 16.3. The highest BCUT2D eigenvalue weighted by Gasteiger charge is 2.24. The molecule has 28 heavy (non-hydrogen) atoms. The van der Waals surface area contributed by atoms with Gasteiger partial charge in [0, 0.05) is 38.2 Å². The predicted molar refractivity (Wildman–Crippen MR) is 108 cm³/mol. The number of carbonyl (C=O) groups excluding carboxylic acids is 2. The third-order valence-electron chi connectivity index (χ3n) is 5.68. The molecule has 4 rings (SSSR count). The van der Waals surface area contributed by atoms with Crippen LogP contribution in [0.15, 0.2) is 30.3 Å². The first-order valence-corrected chi connectivity index (χ1v) is 10.4. The topological polar surface area (TPSA) is 67.2 Å². The van der Waals surface area contributed by atoms with Crippen molar-refractivity contribution in [3.8, 4) is 11.4 Å². The van der Waals surface area contributed by atoms with Gasteiger partial charge in [0.2, 0.25) is 5.91 Å². The zero-order valence-electron chi connectivity index (χ0n) is 16.3. The number of likely N-dealkylation sites (tertiary alicyclic amines) is 1. The normalized spacial score (nSPS) is 16.7. The number of nitrogens with one attached hydrogen (secondary N) is 1. The first kappa shape index (κ1) is 18.7. The lowest BCUT2D eigenvalue weighted by Crippen LogP contribution is -2.31. The van der Waals surface area contributed by atoms with Crippen molar-refractivity contribution < 1.29 is 9.59 Å². The molecule has 0 aliphatic carbocycles. The SMILES string of the molecule is O=C(NCCCN1CCCC1=O)c1nc(-c2ccccc2)n2c1CCCCC2. The zero-order chi connectivity index (χ0) is 19.3. The van der Waals surface area contributed by atoms with Crippen LogP contribution in [-0.4, -0.2) is 45.9 Å². The number of aromatic nitrogens is 2. The van der Waals surface area contributed by atoms with Gasteiger partial charge < -0.3 is 14.8 Å². The molecule has 1 N–H and O–H groups in total. The summed E-state index contributed by atoms with van der Waals surface area (Å²) >= 11 is 0. The van der Waals surface area contributed by atoms with Crippen molar-refractivity contribution in [1.29, 1.82) is 0 Å². The molecular formula is C22H28N4O2. The van der Waals surface area contributed by atoms with Gasteiger partial charge in [0.05, 0.1) is 5.69 Å². The van der Waals surface area contributed by atoms with Crippen LogP contribution in [0.3, 0.4) is 0 Å². The van der Waals surface area contributed by atoms with E-state index < -0.39 is 0 Å². The Morgan fingerprint density at radius 3 is 2.68 bits per heavy atom. The van der Waals surface area contributed by atoms with Gasteiger partial charge in [-0.15, -0.1) is 0 Å². The van der Waals surface area contributed by atoms with Crippen LogP contribution in [0.4, 0.5) is 0 Å². The van der Waals surface area contributed by atoms with Gasteiger partial charge in [-0.1, -0.05) is 36.8 Å². The number of benzene rings is 1. The van der Waals surface area contributed by atoms with E-state index in [1.54, 1.807) is 0 Å². The molecular weight excluding hydrogens is 352 g/mol. The highest BCUT2D eigenvalue weighted by Crippen LogP contribution is 2.27. The number of rotatable bonds is 6. The van der Waals surface area contributed by atoms with Crippen LogP contribution in [0.25, 0.3) is 11.4 Å². The van der Waals surface area contributed by atoms with E-state index in [2.05, 4.69) is 22.0 Å². The minimum Gasteiger partial charge on any atom is -0.351 e. The predicted octanol–water partition coefficient (Wildman–Crippen LogP) is 3.02. The summed E-state index contributed by atoms with van der Waals surface area (Å²) in [5.41, 5.74) is 2.68. The van der Waals surface area contributed by atoms with Gasteiger partial charge >= 0.3 is 0 Å². The van der Waals surface area contributed by atoms with E-state index in [1.165, 1.54) is 6.42 Å². The fraction of sp³-hybridized carbons (Fsp3) is 0.500. The van der Waals surface area contributed by atoms with Crippen LogP contribution >= 0.6 is 0 Å². The summed E-state index contributed by atoms with van der Waals surface area (Å²) in [7, 11) is 0. The summed E-state index contributed by atoms with van der Waals surface area (Å²) in [5, 5.41) is 3.02. The molecule has 6 nitrogen and oxygen atoms in total. The molecule has 0 radical (unpaired) electrons. The molecule has 0 unspecified atom stereocenters. The molecule has 2 aliphatic heterocycles. The molecule has 0 saturated carbocycles. The van der Waals surface area contributed by atoms with Crippen molar-refractivity contribution >= 4 is 11.8 Å². The van der Waals surface area contributed by atoms with Crippen LogP contribution in [-0.2, 0) is 17.8 Å². The van der Waals surface area contributed by atoms with Crippen LogP contribution in [0.2, 0.25) is 0 Å². The molecule has 1 aromatic heterocycles. The Morgan fingerprint density at radius 2 is 1.89 bits per heavy atom. The van der Waals surface area contributed by atoms with Crippen molar-refractivity contribution in [3.05, 3.63) is 41.7 Å². The van der Waals surface area contributed by atoms with Gasteiger partial charge in [-0.3, -0.25) is 9.59 Å². The maximum atomic E-state index is 12.9. The number of hydrogen-bond acceptors (Lipinski definition) is 3. The molecule has 2 aliphatic rings. The smallest absolute Gasteiger partial charge is 0.271 e. The van der Waals surface area contributed by atoms with Crippen LogP contribution in [0.5, 0.6) is 0 Å². The summed E-state index contributed by atoms with van der Waals surface area (Å²) in [4.78, 5) is 31.2. The van der Waals surface area contributed by atoms with Crippen LogP contribution in [0.1, 0.15) is 54.7 Å². The van der Waals surface area contributed by atoms with E-state index in [-0.39, 0.29) is 11.8 Å². The molecule has 0 atom stereocenters. The molecule has 0 bridgehead atoms. The summed E-state index contributed by atoms with van der Waals surface area (Å²) in [6.45, 7) is 3.05. The Morgan fingerprint density at radius 1 is 1.04 bits per heavy atom. The summed E-state index contributed by atoms with van der Waals surface area (Å²) in [6, 6.07) is 10.1.